The predicted octanol–water partition coefficient (Wildman–Crippen LogP) is 0.523. The molecule has 0 radical (unpaired) electrons. The van der Waals surface area contributed by atoms with Gasteiger partial charge in [0.25, 0.3) is 0 Å². The van der Waals surface area contributed by atoms with E-state index >= 15 is 0 Å². The Hall–Kier alpha value is -1.38. The molecule has 0 bridgehead atoms. The van der Waals surface area contributed by atoms with Gasteiger partial charge < -0.3 is 14.8 Å². The van der Waals surface area contributed by atoms with Gasteiger partial charge in [0.05, 0.1) is 6.10 Å². The Morgan fingerprint density at radius 1 is 1.55 bits per heavy atom. The van der Waals surface area contributed by atoms with Crippen LogP contribution in [-0.4, -0.2) is 53.2 Å². The molecule has 1 heterocycles. The first-order chi connectivity index (χ1) is 9.23. The van der Waals surface area contributed by atoms with Crippen LogP contribution in [-0.2, 0) is 10.0 Å². The molecule has 2 N–H and O–H groups in total. The number of aromatic nitrogens is 1. The number of hydrogen-bond acceptors (Lipinski definition) is 4. The number of aliphatic hydroxyl groups excluding tert-OH is 1. The third kappa shape index (κ3) is 2.87. The number of aromatic carboxylic acids is 1. The minimum atomic E-state index is -3.79. The van der Waals surface area contributed by atoms with Crippen molar-refractivity contribution >= 4 is 16.0 Å². The topological polar surface area (TPSA) is 99.8 Å². The Morgan fingerprint density at radius 3 is 2.60 bits per heavy atom. The number of sulfonamides is 1. The van der Waals surface area contributed by atoms with Crippen molar-refractivity contribution < 1.29 is 23.4 Å². The molecule has 8 heteroatoms. The Balaban J connectivity index is 2.37. The van der Waals surface area contributed by atoms with Gasteiger partial charge >= 0.3 is 5.97 Å². The minimum absolute atomic E-state index is 0.0171. The Labute approximate surface area is 117 Å². The van der Waals surface area contributed by atoms with E-state index in [4.69, 9.17) is 5.11 Å². The average Bonchev–Trinajstić information content (AvgIpc) is 3.06. The smallest absolute Gasteiger partial charge is 0.352 e. The maximum atomic E-state index is 12.3. The summed E-state index contributed by atoms with van der Waals surface area (Å²) in [6.07, 6.45) is 2.30. The lowest BCUT2D eigenvalue weighted by molar-refractivity contribution is 0.0685. The molecule has 1 fully saturated rings. The van der Waals surface area contributed by atoms with E-state index in [9.17, 15) is 18.3 Å². The summed E-state index contributed by atoms with van der Waals surface area (Å²) in [6.45, 7) is 1.45. The number of hydrogen-bond donors (Lipinski definition) is 2. The number of nitrogens with zero attached hydrogens (tertiary/aromatic N) is 2. The highest BCUT2D eigenvalue weighted by molar-refractivity contribution is 7.89. The van der Waals surface area contributed by atoms with Gasteiger partial charge in [-0.1, -0.05) is 0 Å². The lowest BCUT2D eigenvalue weighted by Crippen LogP contribution is -2.32. The molecule has 1 aromatic rings. The molecule has 0 spiro atoms. The van der Waals surface area contributed by atoms with Crippen molar-refractivity contribution in [3.63, 3.8) is 0 Å². The first kappa shape index (κ1) is 15.0. The highest BCUT2D eigenvalue weighted by Gasteiger charge is 2.31. The summed E-state index contributed by atoms with van der Waals surface area (Å²) in [5, 5.41) is 18.4. The van der Waals surface area contributed by atoms with Crippen molar-refractivity contribution in [2.24, 2.45) is 0 Å². The Kier molecular flexibility index (Phi) is 3.90. The van der Waals surface area contributed by atoms with E-state index in [0.29, 0.717) is 0 Å². The highest BCUT2D eigenvalue weighted by Crippen LogP contribution is 2.37. The average molecular weight is 302 g/mol. The van der Waals surface area contributed by atoms with E-state index in [1.807, 2.05) is 0 Å². The highest BCUT2D eigenvalue weighted by atomic mass is 32.2. The van der Waals surface area contributed by atoms with E-state index in [2.05, 4.69) is 0 Å². The molecule has 1 aromatic heterocycles. The number of carboxylic acids is 1. The molecule has 20 heavy (non-hydrogen) atoms. The molecular weight excluding hydrogens is 284 g/mol. The molecule has 0 amide bonds. The van der Waals surface area contributed by atoms with Gasteiger partial charge in [-0.05, 0) is 25.8 Å². The van der Waals surface area contributed by atoms with Crippen molar-refractivity contribution in [2.75, 3.05) is 13.6 Å². The lowest BCUT2D eigenvalue weighted by atomic mass is 10.4. The third-order valence-corrected chi connectivity index (χ3v) is 5.00. The summed E-state index contributed by atoms with van der Waals surface area (Å²) in [7, 11) is -2.43. The normalized spacial score (nSPS) is 17.4. The van der Waals surface area contributed by atoms with Crippen LogP contribution in [0, 0.1) is 0 Å². The molecule has 112 valence electrons. The SMILES string of the molecule is CC(O)CN(C)S(=O)(=O)c1cc(C(=O)O)n(C2CC2)c1. The van der Waals surface area contributed by atoms with Gasteiger partial charge in [0.1, 0.15) is 10.6 Å². The molecule has 1 aliphatic carbocycles. The quantitative estimate of drug-likeness (QED) is 0.798. The Bertz CT molecular complexity index is 616. The van der Waals surface area contributed by atoms with Crippen molar-refractivity contribution in [3.8, 4) is 0 Å². The first-order valence-electron chi connectivity index (χ1n) is 6.33. The molecular formula is C12H18N2O5S. The van der Waals surface area contributed by atoms with E-state index in [0.717, 1.165) is 17.1 Å². The van der Waals surface area contributed by atoms with E-state index in [-0.39, 0.29) is 23.2 Å². The molecule has 1 atom stereocenters. The van der Waals surface area contributed by atoms with Crippen LogP contribution in [0.5, 0.6) is 0 Å². The summed E-state index contributed by atoms with van der Waals surface area (Å²) in [5.74, 6) is -1.14. The number of likely N-dealkylation sites (N-methyl/N-ethyl adjacent to an activating group) is 1. The minimum Gasteiger partial charge on any atom is -0.477 e. The molecule has 0 saturated heterocycles. The fraction of sp³-hybridized carbons (Fsp3) is 0.583. The lowest BCUT2D eigenvalue weighted by Gasteiger charge is -2.17. The number of carboxylic acid groups (broad SMARTS) is 1. The zero-order chi connectivity index (χ0) is 15.1. The van der Waals surface area contributed by atoms with E-state index in [1.54, 1.807) is 0 Å². The first-order valence-corrected chi connectivity index (χ1v) is 7.77. The van der Waals surface area contributed by atoms with Crippen molar-refractivity contribution in [1.29, 1.82) is 0 Å². The maximum absolute atomic E-state index is 12.3. The van der Waals surface area contributed by atoms with Gasteiger partial charge in [0.15, 0.2) is 0 Å². The van der Waals surface area contributed by atoms with Crippen LogP contribution in [0.3, 0.4) is 0 Å². The zero-order valence-electron chi connectivity index (χ0n) is 11.4. The molecule has 0 aromatic carbocycles. The molecule has 0 aliphatic heterocycles. The van der Waals surface area contributed by atoms with Crippen LogP contribution in [0.1, 0.15) is 36.3 Å². The molecule has 2 rings (SSSR count). The second kappa shape index (κ2) is 5.19. The maximum Gasteiger partial charge on any atom is 0.352 e. The number of rotatable bonds is 6. The number of carbonyl (C=O) groups is 1. The van der Waals surface area contributed by atoms with Crippen LogP contribution < -0.4 is 0 Å². The van der Waals surface area contributed by atoms with Crippen LogP contribution in [0.15, 0.2) is 17.2 Å². The molecule has 1 saturated carbocycles. The van der Waals surface area contributed by atoms with Gasteiger partial charge in [-0.25, -0.2) is 13.2 Å². The number of aliphatic hydroxyl groups is 1. The van der Waals surface area contributed by atoms with Crippen LogP contribution >= 0.6 is 0 Å². The van der Waals surface area contributed by atoms with Crippen LogP contribution in [0.25, 0.3) is 0 Å². The van der Waals surface area contributed by atoms with Gasteiger partial charge in [-0.15, -0.1) is 0 Å². The summed E-state index contributed by atoms with van der Waals surface area (Å²) in [6, 6.07) is 1.25. The van der Waals surface area contributed by atoms with Crippen LogP contribution in [0.2, 0.25) is 0 Å². The van der Waals surface area contributed by atoms with E-state index < -0.39 is 22.1 Å². The summed E-state index contributed by atoms with van der Waals surface area (Å²) < 4.78 is 27.1. The van der Waals surface area contributed by atoms with Gasteiger partial charge in [-0.3, -0.25) is 0 Å². The zero-order valence-corrected chi connectivity index (χ0v) is 12.2. The van der Waals surface area contributed by atoms with Gasteiger partial charge in [-0.2, -0.15) is 4.31 Å². The Morgan fingerprint density at radius 2 is 2.15 bits per heavy atom. The van der Waals surface area contributed by atoms with Crippen molar-refractivity contribution in [1.82, 2.24) is 8.87 Å². The standard InChI is InChI=1S/C12H18N2O5S/c1-8(15)6-13(2)20(18,19)10-5-11(12(16)17)14(7-10)9-3-4-9/h5,7-9,15H,3-4,6H2,1-2H3,(H,16,17). The fourth-order valence-electron chi connectivity index (χ4n) is 2.07. The summed E-state index contributed by atoms with van der Waals surface area (Å²) in [4.78, 5) is 11.1. The van der Waals surface area contributed by atoms with E-state index in [1.165, 1.54) is 30.8 Å². The second-order valence-corrected chi connectivity index (χ2v) is 7.18. The van der Waals surface area contributed by atoms with Gasteiger partial charge in [0.2, 0.25) is 10.0 Å². The van der Waals surface area contributed by atoms with Gasteiger partial charge in [0, 0.05) is 25.8 Å². The molecule has 1 aliphatic rings. The second-order valence-electron chi connectivity index (χ2n) is 5.14. The van der Waals surface area contributed by atoms with Crippen molar-refractivity contribution in [3.05, 3.63) is 18.0 Å². The molecule has 7 nitrogen and oxygen atoms in total. The van der Waals surface area contributed by atoms with Crippen molar-refractivity contribution in [2.45, 2.75) is 36.8 Å². The molecule has 1 unspecified atom stereocenters. The van der Waals surface area contributed by atoms with Crippen LogP contribution in [0.4, 0.5) is 0 Å². The summed E-state index contributed by atoms with van der Waals surface area (Å²) >= 11 is 0. The third-order valence-electron chi connectivity index (χ3n) is 3.21. The fourth-order valence-corrected chi connectivity index (χ4v) is 3.35. The monoisotopic (exact) mass is 302 g/mol. The largest absolute Gasteiger partial charge is 0.477 e. The summed E-state index contributed by atoms with van der Waals surface area (Å²) in [5.41, 5.74) is -0.0171. The predicted molar refractivity (Wildman–Crippen MR) is 71.2 cm³/mol.